The summed E-state index contributed by atoms with van der Waals surface area (Å²) < 4.78 is 1.09. The summed E-state index contributed by atoms with van der Waals surface area (Å²) in [5, 5.41) is 6.42. The molecule has 1 aromatic rings. The first-order valence-electron chi connectivity index (χ1n) is 4.50. The summed E-state index contributed by atoms with van der Waals surface area (Å²) in [5.74, 6) is 0. The Morgan fingerprint density at radius 3 is 2.64 bits per heavy atom. The molecular weight excluding hydrogens is 240 g/mol. The average Bonchev–Trinajstić information content (AvgIpc) is 2.19. The molecule has 0 saturated carbocycles. The van der Waals surface area contributed by atoms with Gasteiger partial charge < -0.3 is 0 Å². The number of halogens is 1. The lowest BCUT2D eigenvalue weighted by molar-refractivity contribution is 0.928. The Bertz CT molecular complexity index is 379. The van der Waals surface area contributed by atoms with Gasteiger partial charge in [-0.3, -0.25) is 5.01 Å². The molecule has 0 saturated heterocycles. The minimum absolute atomic E-state index is 0.846. The fourth-order valence-corrected chi connectivity index (χ4v) is 1.63. The van der Waals surface area contributed by atoms with E-state index in [0.717, 1.165) is 22.4 Å². The number of hydrogen-bond donors (Lipinski definition) is 0. The van der Waals surface area contributed by atoms with Crippen molar-refractivity contribution in [1.82, 2.24) is 0 Å². The van der Waals surface area contributed by atoms with E-state index >= 15 is 0 Å². The minimum Gasteiger partial charge on any atom is -0.261 e. The third kappa shape index (κ3) is 2.04. The van der Waals surface area contributed by atoms with Crippen molar-refractivity contribution in [2.45, 2.75) is 6.92 Å². The number of nitrogens with zero attached hydrogens (tertiary/aromatic N) is 2. The average molecular weight is 251 g/mol. The van der Waals surface area contributed by atoms with Gasteiger partial charge in [-0.25, -0.2) is 0 Å². The molecule has 2 rings (SSSR count). The molecule has 1 aliphatic rings. The summed E-state index contributed by atoms with van der Waals surface area (Å²) >= 11 is 3.41. The van der Waals surface area contributed by atoms with Crippen molar-refractivity contribution in [2.24, 2.45) is 5.10 Å². The van der Waals surface area contributed by atoms with Crippen LogP contribution in [0.4, 0.5) is 5.69 Å². The SMILES string of the molecule is CC1=NN(c2ccc(Br)cc2)CC=C1. The highest BCUT2D eigenvalue weighted by atomic mass is 79.9. The zero-order valence-corrected chi connectivity index (χ0v) is 9.53. The molecule has 0 aromatic heterocycles. The predicted octanol–water partition coefficient (Wildman–Crippen LogP) is 3.20. The van der Waals surface area contributed by atoms with Crippen LogP contribution in [-0.4, -0.2) is 12.3 Å². The second-order valence-corrected chi connectivity index (χ2v) is 4.12. The van der Waals surface area contributed by atoms with E-state index in [9.17, 15) is 0 Å². The van der Waals surface area contributed by atoms with E-state index < -0.39 is 0 Å². The van der Waals surface area contributed by atoms with E-state index in [1.54, 1.807) is 0 Å². The van der Waals surface area contributed by atoms with Crippen LogP contribution < -0.4 is 5.01 Å². The smallest absolute Gasteiger partial charge is 0.0600 e. The van der Waals surface area contributed by atoms with Crippen LogP contribution in [0.3, 0.4) is 0 Å². The summed E-state index contributed by atoms with van der Waals surface area (Å²) in [6, 6.07) is 8.16. The Morgan fingerprint density at radius 1 is 1.29 bits per heavy atom. The van der Waals surface area contributed by atoms with Crippen LogP contribution in [0.2, 0.25) is 0 Å². The predicted molar refractivity (Wildman–Crippen MR) is 63.7 cm³/mol. The van der Waals surface area contributed by atoms with Gasteiger partial charge in [0.05, 0.1) is 17.9 Å². The van der Waals surface area contributed by atoms with Crippen molar-refractivity contribution in [2.75, 3.05) is 11.6 Å². The molecule has 0 amide bonds. The highest BCUT2D eigenvalue weighted by Gasteiger charge is 2.05. The van der Waals surface area contributed by atoms with Gasteiger partial charge in [0.1, 0.15) is 0 Å². The molecule has 0 radical (unpaired) electrons. The number of benzene rings is 1. The van der Waals surface area contributed by atoms with E-state index in [-0.39, 0.29) is 0 Å². The van der Waals surface area contributed by atoms with Gasteiger partial charge in [-0.1, -0.05) is 22.0 Å². The summed E-state index contributed by atoms with van der Waals surface area (Å²) in [7, 11) is 0. The van der Waals surface area contributed by atoms with Gasteiger partial charge in [-0.05, 0) is 37.3 Å². The zero-order chi connectivity index (χ0) is 9.97. The normalized spacial score (nSPS) is 15.6. The molecule has 0 spiro atoms. The second-order valence-electron chi connectivity index (χ2n) is 3.20. The number of rotatable bonds is 1. The van der Waals surface area contributed by atoms with Crippen LogP contribution in [0.15, 0.2) is 46.0 Å². The number of hydrogen-bond acceptors (Lipinski definition) is 2. The molecule has 1 aromatic carbocycles. The van der Waals surface area contributed by atoms with Gasteiger partial charge in [0.25, 0.3) is 0 Å². The first-order chi connectivity index (χ1) is 6.75. The highest BCUT2D eigenvalue weighted by Crippen LogP contribution is 2.19. The maximum atomic E-state index is 4.43. The van der Waals surface area contributed by atoms with E-state index in [1.807, 2.05) is 30.1 Å². The van der Waals surface area contributed by atoms with Crippen molar-refractivity contribution >= 4 is 27.3 Å². The quantitative estimate of drug-likeness (QED) is 0.748. The lowest BCUT2D eigenvalue weighted by Gasteiger charge is -2.20. The standard InChI is InChI=1S/C11H11BrN2/c1-9-3-2-8-14(13-9)11-6-4-10(12)5-7-11/h2-7H,8H2,1H3. The Morgan fingerprint density at radius 2 is 2.00 bits per heavy atom. The van der Waals surface area contributed by atoms with Crippen molar-refractivity contribution in [1.29, 1.82) is 0 Å². The third-order valence-electron chi connectivity index (χ3n) is 2.04. The monoisotopic (exact) mass is 250 g/mol. The fraction of sp³-hybridized carbons (Fsp3) is 0.182. The summed E-state index contributed by atoms with van der Waals surface area (Å²) in [6.07, 6.45) is 4.15. The van der Waals surface area contributed by atoms with Crippen molar-refractivity contribution in [3.8, 4) is 0 Å². The molecule has 0 aliphatic carbocycles. The van der Waals surface area contributed by atoms with E-state index in [4.69, 9.17) is 0 Å². The van der Waals surface area contributed by atoms with Gasteiger partial charge >= 0.3 is 0 Å². The topological polar surface area (TPSA) is 15.6 Å². The molecular formula is C11H11BrN2. The number of hydrazone groups is 1. The lowest BCUT2D eigenvalue weighted by atomic mass is 10.3. The molecule has 1 heterocycles. The minimum atomic E-state index is 0.846. The Kier molecular flexibility index (Phi) is 2.68. The molecule has 2 nitrogen and oxygen atoms in total. The largest absolute Gasteiger partial charge is 0.261 e. The maximum absolute atomic E-state index is 4.43. The van der Waals surface area contributed by atoms with Crippen LogP contribution in [-0.2, 0) is 0 Å². The molecule has 14 heavy (non-hydrogen) atoms. The maximum Gasteiger partial charge on any atom is 0.0600 e. The zero-order valence-electron chi connectivity index (χ0n) is 7.94. The van der Waals surface area contributed by atoms with Crippen LogP contribution in [0.5, 0.6) is 0 Å². The van der Waals surface area contributed by atoms with Gasteiger partial charge in [-0.2, -0.15) is 5.10 Å². The van der Waals surface area contributed by atoms with Gasteiger partial charge in [0, 0.05) is 4.47 Å². The van der Waals surface area contributed by atoms with Crippen molar-refractivity contribution in [3.63, 3.8) is 0 Å². The Labute approximate surface area is 92.1 Å². The van der Waals surface area contributed by atoms with E-state index in [0.29, 0.717) is 0 Å². The Hall–Kier alpha value is -1.09. The number of allylic oxidation sites excluding steroid dienone is 1. The van der Waals surface area contributed by atoms with Crippen LogP contribution in [0, 0.1) is 0 Å². The summed E-state index contributed by atoms with van der Waals surface area (Å²) in [4.78, 5) is 0. The molecule has 0 unspecified atom stereocenters. The summed E-state index contributed by atoms with van der Waals surface area (Å²) in [5.41, 5.74) is 2.16. The summed E-state index contributed by atoms with van der Waals surface area (Å²) in [6.45, 7) is 2.85. The molecule has 0 fully saturated rings. The van der Waals surface area contributed by atoms with Gasteiger partial charge in [-0.15, -0.1) is 0 Å². The number of anilines is 1. The van der Waals surface area contributed by atoms with Crippen LogP contribution in [0.1, 0.15) is 6.92 Å². The highest BCUT2D eigenvalue weighted by molar-refractivity contribution is 9.10. The Balaban J connectivity index is 2.24. The van der Waals surface area contributed by atoms with E-state index in [1.165, 1.54) is 0 Å². The van der Waals surface area contributed by atoms with Crippen LogP contribution >= 0.6 is 15.9 Å². The van der Waals surface area contributed by atoms with Gasteiger partial charge in [0.2, 0.25) is 0 Å². The van der Waals surface area contributed by atoms with E-state index in [2.05, 4.69) is 39.2 Å². The fourth-order valence-electron chi connectivity index (χ4n) is 1.36. The molecule has 0 atom stereocenters. The first kappa shape index (κ1) is 9.46. The van der Waals surface area contributed by atoms with Crippen molar-refractivity contribution in [3.05, 3.63) is 40.9 Å². The lowest BCUT2D eigenvalue weighted by Crippen LogP contribution is -2.20. The van der Waals surface area contributed by atoms with Gasteiger partial charge in [0.15, 0.2) is 0 Å². The van der Waals surface area contributed by atoms with Crippen LogP contribution in [0.25, 0.3) is 0 Å². The molecule has 0 N–H and O–H groups in total. The third-order valence-corrected chi connectivity index (χ3v) is 2.57. The molecule has 3 heteroatoms. The molecule has 72 valence electrons. The molecule has 1 aliphatic heterocycles. The van der Waals surface area contributed by atoms with Crippen molar-refractivity contribution < 1.29 is 0 Å². The second kappa shape index (κ2) is 3.96. The first-order valence-corrected chi connectivity index (χ1v) is 5.30. The molecule has 0 bridgehead atoms.